The summed E-state index contributed by atoms with van der Waals surface area (Å²) in [6, 6.07) is 3.28. The van der Waals surface area contributed by atoms with Crippen LogP contribution in [0.1, 0.15) is 12.2 Å². The van der Waals surface area contributed by atoms with Gasteiger partial charge in [-0.15, -0.1) is 0 Å². The summed E-state index contributed by atoms with van der Waals surface area (Å²) in [6.45, 7) is 1.40. The number of halogens is 1. The Hall–Kier alpha value is -2.48. The van der Waals surface area contributed by atoms with Crippen LogP contribution in [0.5, 0.6) is 0 Å². The lowest BCUT2D eigenvalue weighted by molar-refractivity contribution is 0.180. The Kier molecular flexibility index (Phi) is 5.28. The molecule has 2 aromatic rings. The fourth-order valence-corrected chi connectivity index (χ4v) is 3.09. The number of likely N-dealkylation sites (tertiary alicyclic amines) is 1. The molecule has 1 aliphatic heterocycles. The van der Waals surface area contributed by atoms with Crippen molar-refractivity contribution in [3.63, 3.8) is 0 Å². The largest absolute Gasteiger partial charge is 0.337 e. The van der Waals surface area contributed by atoms with Crippen molar-refractivity contribution in [2.75, 3.05) is 25.5 Å². The van der Waals surface area contributed by atoms with E-state index in [4.69, 9.17) is 0 Å². The first-order valence-corrected chi connectivity index (χ1v) is 8.29. The van der Waals surface area contributed by atoms with Crippen LogP contribution in [0.4, 0.5) is 14.9 Å². The van der Waals surface area contributed by atoms with Crippen LogP contribution < -0.4 is 5.32 Å². The van der Waals surface area contributed by atoms with Crippen LogP contribution in [0.25, 0.3) is 0 Å². The number of likely N-dealkylation sites (N-methyl/N-ethyl adjacent to an activating group) is 1. The number of carbonyl (C=O) groups excluding carboxylic acids is 1. The topological polar surface area (TPSA) is 66.3 Å². The summed E-state index contributed by atoms with van der Waals surface area (Å²) >= 11 is 0. The van der Waals surface area contributed by atoms with Gasteiger partial charge in [-0.05, 0) is 18.6 Å². The van der Waals surface area contributed by atoms with Crippen LogP contribution in [0.2, 0.25) is 0 Å². The minimum atomic E-state index is -0.875. The number of alkyl halides is 1. The number of rotatable bonds is 5. The number of aryl methyl sites for hydroxylation is 1. The lowest BCUT2D eigenvalue weighted by Gasteiger charge is -2.28. The Morgan fingerprint density at radius 3 is 3.00 bits per heavy atom. The average Bonchev–Trinajstić information content (AvgIpc) is 3.14. The van der Waals surface area contributed by atoms with Crippen molar-refractivity contribution in [2.45, 2.75) is 25.2 Å². The molecule has 2 aromatic heterocycles. The van der Waals surface area contributed by atoms with E-state index >= 15 is 0 Å². The van der Waals surface area contributed by atoms with Gasteiger partial charge in [-0.25, -0.2) is 14.2 Å². The number of hydrogen-bond acceptors (Lipinski definition) is 4. The van der Waals surface area contributed by atoms with Crippen molar-refractivity contribution in [3.05, 3.63) is 42.7 Å². The zero-order chi connectivity index (χ0) is 17.8. The summed E-state index contributed by atoms with van der Waals surface area (Å²) in [4.78, 5) is 24.2. The number of nitrogens with one attached hydrogen (secondary N) is 1. The second kappa shape index (κ2) is 7.60. The van der Waals surface area contributed by atoms with Crippen molar-refractivity contribution in [2.24, 2.45) is 7.05 Å². The van der Waals surface area contributed by atoms with E-state index in [1.165, 1.54) is 0 Å². The van der Waals surface area contributed by atoms with E-state index in [1.807, 2.05) is 17.8 Å². The monoisotopic (exact) mass is 346 g/mol. The third kappa shape index (κ3) is 4.33. The van der Waals surface area contributed by atoms with Crippen LogP contribution in [0, 0.1) is 0 Å². The summed E-state index contributed by atoms with van der Waals surface area (Å²) in [7, 11) is 3.64. The normalized spacial score (nSPS) is 20.6. The van der Waals surface area contributed by atoms with Gasteiger partial charge < -0.3 is 14.8 Å². The molecule has 134 valence electrons. The van der Waals surface area contributed by atoms with Crippen LogP contribution in [-0.2, 0) is 13.6 Å². The number of imidazole rings is 1. The quantitative estimate of drug-likeness (QED) is 0.898. The van der Waals surface area contributed by atoms with Gasteiger partial charge in [-0.1, -0.05) is 0 Å². The lowest BCUT2D eigenvalue weighted by Crippen LogP contribution is -2.42. The van der Waals surface area contributed by atoms with Crippen molar-refractivity contribution in [3.8, 4) is 0 Å². The minimum absolute atomic E-state index is 0.0312. The first kappa shape index (κ1) is 17.3. The molecule has 1 aliphatic rings. The van der Waals surface area contributed by atoms with Crippen molar-refractivity contribution in [1.29, 1.82) is 0 Å². The van der Waals surface area contributed by atoms with Gasteiger partial charge in [0.05, 0.1) is 18.4 Å². The first-order chi connectivity index (χ1) is 12.0. The number of anilines is 1. The van der Waals surface area contributed by atoms with E-state index in [-0.39, 0.29) is 12.1 Å². The maximum absolute atomic E-state index is 14.0. The lowest BCUT2D eigenvalue weighted by atomic mass is 10.2. The van der Waals surface area contributed by atoms with E-state index in [9.17, 15) is 9.18 Å². The van der Waals surface area contributed by atoms with Gasteiger partial charge in [0.2, 0.25) is 0 Å². The van der Waals surface area contributed by atoms with E-state index in [0.29, 0.717) is 31.7 Å². The number of hydrogen-bond donors (Lipinski definition) is 1. The zero-order valence-corrected chi connectivity index (χ0v) is 14.5. The van der Waals surface area contributed by atoms with E-state index in [2.05, 4.69) is 20.2 Å². The molecular formula is C17H23FN6O. The second-order valence-electron chi connectivity index (χ2n) is 6.42. The Morgan fingerprint density at radius 1 is 1.48 bits per heavy atom. The van der Waals surface area contributed by atoms with Gasteiger partial charge in [0.15, 0.2) is 0 Å². The van der Waals surface area contributed by atoms with Crippen molar-refractivity contribution >= 4 is 11.7 Å². The number of nitrogens with zero attached hydrogens (tertiary/aromatic N) is 5. The molecular weight excluding hydrogens is 323 g/mol. The standard InChI is InChI=1S/C17H23FN6O/c1-22-7-6-20-16(22)12-24-10-13(18)8-15(24)11-23(2)17(25)21-14-4-3-5-19-9-14/h3-7,9,13,15H,8,10-12H2,1-2H3,(H,21,25)/t13-,15-/m0/s1. The Morgan fingerprint density at radius 2 is 2.32 bits per heavy atom. The molecule has 2 atom stereocenters. The third-order valence-corrected chi connectivity index (χ3v) is 4.49. The molecule has 8 heteroatoms. The van der Waals surface area contributed by atoms with E-state index in [1.54, 1.807) is 42.7 Å². The second-order valence-corrected chi connectivity index (χ2v) is 6.42. The molecule has 0 radical (unpaired) electrons. The van der Waals surface area contributed by atoms with Crippen LogP contribution >= 0.6 is 0 Å². The van der Waals surface area contributed by atoms with Gasteiger partial charge in [0, 0.05) is 51.8 Å². The predicted octanol–water partition coefficient (Wildman–Crippen LogP) is 1.89. The molecule has 0 spiro atoms. The summed E-state index contributed by atoms with van der Waals surface area (Å²) in [6.07, 6.45) is 6.40. The Balaban J connectivity index is 1.59. The van der Waals surface area contributed by atoms with Gasteiger partial charge in [-0.3, -0.25) is 9.88 Å². The van der Waals surface area contributed by atoms with Gasteiger partial charge in [-0.2, -0.15) is 0 Å². The molecule has 7 nitrogen and oxygen atoms in total. The van der Waals surface area contributed by atoms with Gasteiger partial charge >= 0.3 is 6.03 Å². The Bertz CT molecular complexity index is 706. The summed E-state index contributed by atoms with van der Waals surface area (Å²) < 4.78 is 15.9. The molecule has 0 saturated carbocycles. The highest BCUT2D eigenvalue weighted by Gasteiger charge is 2.34. The molecule has 25 heavy (non-hydrogen) atoms. The summed E-state index contributed by atoms with van der Waals surface area (Å²) in [5.41, 5.74) is 0.638. The number of pyridine rings is 1. The van der Waals surface area contributed by atoms with Crippen LogP contribution in [0.15, 0.2) is 36.9 Å². The predicted molar refractivity (Wildman–Crippen MR) is 92.8 cm³/mol. The maximum Gasteiger partial charge on any atom is 0.321 e. The molecule has 2 amide bonds. The van der Waals surface area contributed by atoms with Crippen molar-refractivity contribution in [1.82, 2.24) is 24.3 Å². The summed E-state index contributed by atoms with van der Waals surface area (Å²) in [5.74, 6) is 0.890. The number of carbonyl (C=O) groups is 1. The Labute approximate surface area is 146 Å². The fraction of sp³-hybridized carbons (Fsp3) is 0.471. The van der Waals surface area contributed by atoms with Gasteiger partial charge in [0.25, 0.3) is 0 Å². The van der Waals surface area contributed by atoms with Gasteiger partial charge in [0.1, 0.15) is 12.0 Å². The molecule has 0 aromatic carbocycles. The molecule has 3 heterocycles. The smallest absolute Gasteiger partial charge is 0.321 e. The number of urea groups is 1. The van der Waals surface area contributed by atoms with Crippen LogP contribution in [-0.4, -0.2) is 62.7 Å². The first-order valence-electron chi connectivity index (χ1n) is 8.29. The SMILES string of the molecule is CN(C[C@@H]1C[C@H](F)CN1Cc1nccn1C)C(=O)Nc1cccnc1. The number of amides is 2. The highest BCUT2D eigenvalue weighted by molar-refractivity contribution is 5.88. The third-order valence-electron chi connectivity index (χ3n) is 4.49. The van der Waals surface area contributed by atoms with Crippen LogP contribution in [0.3, 0.4) is 0 Å². The molecule has 1 fully saturated rings. The average molecular weight is 346 g/mol. The molecule has 0 bridgehead atoms. The van der Waals surface area contributed by atoms with Crippen molar-refractivity contribution < 1.29 is 9.18 Å². The fourth-order valence-electron chi connectivity index (χ4n) is 3.09. The highest BCUT2D eigenvalue weighted by atomic mass is 19.1. The molecule has 1 N–H and O–H groups in total. The zero-order valence-electron chi connectivity index (χ0n) is 14.5. The molecule has 0 aliphatic carbocycles. The minimum Gasteiger partial charge on any atom is -0.337 e. The molecule has 3 rings (SSSR count). The molecule has 1 saturated heterocycles. The molecule has 0 unspecified atom stereocenters. The number of aromatic nitrogens is 3. The maximum atomic E-state index is 14.0. The van der Waals surface area contributed by atoms with E-state index < -0.39 is 6.17 Å². The highest BCUT2D eigenvalue weighted by Crippen LogP contribution is 2.23. The van der Waals surface area contributed by atoms with E-state index in [0.717, 1.165) is 5.82 Å². The summed E-state index contributed by atoms with van der Waals surface area (Å²) in [5, 5.41) is 2.79.